The first-order chi connectivity index (χ1) is 10.8. The number of carbonyl (C=O) groups is 3. The van der Waals surface area contributed by atoms with Crippen LogP contribution in [0.2, 0.25) is 0 Å². The Bertz CT molecular complexity index is 527. The van der Waals surface area contributed by atoms with Gasteiger partial charge in [-0.15, -0.1) is 12.4 Å². The maximum Gasteiger partial charge on any atom is 0.240 e. The second-order valence-corrected chi connectivity index (χ2v) is 7.43. The summed E-state index contributed by atoms with van der Waals surface area (Å²) in [4.78, 5) is 38.5. The first kappa shape index (κ1) is 19.1. The van der Waals surface area contributed by atoms with Crippen molar-refractivity contribution >= 4 is 30.1 Å². The largest absolute Gasteiger partial charge is 0.373 e. The maximum absolute atomic E-state index is 12.5. The van der Waals surface area contributed by atoms with E-state index in [-0.39, 0.29) is 66.6 Å². The van der Waals surface area contributed by atoms with Crippen LogP contribution in [0.5, 0.6) is 0 Å². The fourth-order valence-electron chi connectivity index (χ4n) is 3.86. The lowest BCUT2D eigenvalue weighted by atomic mass is 9.81. The number of rotatable bonds is 5. The summed E-state index contributed by atoms with van der Waals surface area (Å²) in [6, 6.07) is 0. The van der Waals surface area contributed by atoms with Crippen LogP contribution in [0, 0.1) is 17.8 Å². The zero-order chi connectivity index (χ0) is 16.9. The molecule has 3 aliphatic heterocycles. The smallest absolute Gasteiger partial charge is 0.240 e. The minimum absolute atomic E-state index is 0. The van der Waals surface area contributed by atoms with Crippen molar-refractivity contribution in [2.45, 2.75) is 51.4 Å². The third-order valence-electron chi connectivity index (χ3n) is 5.80. The summed E-state index contributed by atoms with van der Waals surface area (Å²) in [5.41, 5.74) is 5.21. The number of carbonyl (C=O) groups excluding carboxylic acids is 3. The molecule has 3 heterocycles. The quantitative estimate of drug-likeness (QED) is 0.676. The lowest BCUT2D eigenvalue weighted by Crippen LogP contribution is -2.57. The van der Waals surface area contributed by atoms with Gasteiger partial charge in [-0.05, 0) is 25.7 Å². The Hall–Kier alpha value is -1.18. The number of fused-ring (bicyclic) bond motifs is 5. The molecule has 0 aromatic carbocycles. The van der Waals surface area contributed by atoms with Gasteiger partial charge in [-0.3, -0.25) is 19.3 Å². The molecule has 2 bridgehead atoms. The Morgan fingerprint density at radius 2 is 1.79 bits per heavy atom. The van der Waals surface area contributed by atoms with Crippen LogP contribution in [0.25, 0.3) is 0 Å². The molecule has 0 radical (unpaired) electrons. The zero-order valence-electron chi connectivity index (χ0n) is 14.3. The normalized spacial score (nSPS) is 33.5. The Labute approximate surface area is 148 Å². The van der Waals surface area contributed by atoms with Crippen molar-refractivity contribution in [3.05, 3.63) is 0 Å². The van der Waals surface area contributed by atoms with Gasteiger partial charge in [-0.1, -0.05) is 13.8 Å². The van der Waals surface area contributed by atoms with Crippen LogP contribution in [-0.4, -0.2) is 53.5 Å². The third-order valence-corrected chi connectivity index (χ3v) is 5.80. The van der Waals surface area contributed by atoms with Gasteiger partial charge in [0.2, 0.25) is 17.7 Å². The lowest BCUT2D eigenvalue weighted by molar-refractivity contribution is -0.146. The minimum atomic E-state index is -0.555. The number of halogens is 1. The summed E-state index contributed by atoms with van der Waals surface area (Å²) in [5, 5.41) is 2.87. The molecule has 5 unspecified atom stereocenters. The highest BCUT2D eigenvalue weighted by atomic mass is 35.5. The van der Waals surface area contributed by atoms with E-state index in [1.165, 1.54) is 0 Å². The van der Waals surface area contributed by atoms with Gasteiger partial charge in [0.25, 0.3) is 0 Å². The molecule has 0 saturated carbocycles. The van der Waals surface area contributed by atoms with Gasteiger partial charge >= 0.3 is 0 Å². The van der Waals surface area contributed by atoms with Gasteiger partial charge in [0.05, 0.1) is 29.6 Å². The summed E-state index contributed by atoms with van der Waals surface area (Å²) in [6.07, 6.45) is 1.34. The average Bonchev–Trinajstić information content (AvgIpc) is 3.16. The Balaban J connectivity index is 0.00000208. The second-order valence-electron chi connectivity index (χ2n) is 7.43. The van der Waals surface area contributed by atoms with Crippen molar-refractivity contribution in [3.8, 4) is 0 Å². The predicted molar refractivity (Wildman–Crippen MR) is 89.3 cm³/mol. The Kier molecular flexibility index (Phi) is 5.28. The number of ether oxygens (including phenoxy) is 1. The summed E-state index contributed by atoms with van der Waals surface area (Å²) < 4.78 is 5.68. The van der Waals surface area contributed by atoms with Crippen LogP contribution in [0.4, 0.5) is 0 Å². The molecule has 5 atom stereocenters. The highest BCUT2D eigenvalue weighted by Gasteiger charge is 2.62. The standard InChI is InChI=1S/C16H25N3O4.ClH/c1-8(2)16(3,7-17)18-11(20)6-19-14(21)12-9-4-5-10(23-9)13(12)15(19)22;/h8-10,12-13H,4-7,17H2,1-3H3,(H,18,20);1H. The molecule has 3 fully saturated rings. The Morgan fingerprint density at radius 1 is 1.29 bits per heavy atom. The van der Waals surface area contributed by atoms with Gasteiger partial charge in [0.15, 0.2) is 0 Å². The van der Waals surface area contributed by atoms with Crippen molar-refractivity contribution in [3.63, 3.8) is 0 Å². The van der Waals surface area contributed by atoms with Gasteiger partial charge in [-0.2, -0.15) is 0 Å². The molecule has 7 nitrogen and oxygen atoms in total. The molecule has 3 amide bonds. The molecule has 3 N–H and O–H groups in total. The number of nitrogens with zero attached hydrogens (tertiary/aromatic N) is 1. The molecule has 3 saturated heterocycles. The van der Waals surface area contributed by atoms with E-state index >= 15 is 0 Å². The maximum atomic E-state index is 12.5. The molecule has 0 aromatic heterocycles. The second kappa shape index (κ2) is 6.61. The van der Waals surface area contributed by atoms with Gasteiger partial charge < -0.3 is 15.8 Å². The van der Waals surface area contributed by atoms with Crippen molar-refractivity contribution in [2.24, 2.45) is 23.5 Å². The number of nitrogens with one attached hydrogen (secondary N) is 1. The number of amides is 3. The van der Waals surface area contributed by atoms with Crippen molar-refractivity contribution in [1.29, 1.82) is 0 Å². The topological polar surface area (TPSA) is 102 Å². The van der Waals surface area contributed by atoms with Crippen molar-refractivity contribution in [2.75, 3.05) is 13.1 Å². The van der Waals surface area contributed by atoms with Crippen LogP contribution < -0.4 is 11.1 Å². The van der Waals surface area contributed by atoms with E-state index in [0.717, 1.165) is 17.7 Å². The van der Waals surface area contributed by atoms with Gasteiger partial charge in [0.1, 0.15) is 6.54 Å². The molecule has 3 aliphatic rings. The number of hydrogen-bond acceptors (Lipinski definition) is 5. The van der Waals surface area contributed by atoms with Crippen LogP contribution in [-0.2, 0) is 19.1 Å². The zero-order valence-corrected chi connectivity index (χ0v) is 15.1. The van der Waals surface area contributed by atoms with E-state index in [1.807, 2.05) is 20.8 Å². The summed E-state index contributed by atoms with van der Waals surface area (Å²) in [5.74, 6) is -1.51. The molecular formula is C16H26ClN3O4. The van der Waals surface area contributed by atoms with E-state index in [2.05, 4.69) is 5.32 Å². The number of nitrogens with two attached hydrogens (primary N) is 1. The van der Waals surface area contributed by atoms with Gasteiger partial charge in [0, 0.05) is 6.54 Å². The van der Waals surface area contributed by atoms with E-state index in [0.29, 0.717) is 6.54 Å². The highest BCUT2D eigenvalue weighted by molar-refractivity contribution is 6.08. The SMILES string of the molecule is CC(C)C(C)(CN)NC(=O)CN1C(=O)C2C3CCC(O3)C2C1=O.Cl. The molecule has 0 aliphatic carbocycles. The molecule has 0 spiro atoms. The number of likely N-dealkylation sites (tertiary alicyclic amines) is 1. The summed E-state index contributed by atoms with van der Waals surface area (Å²) in [6.45, 7) is 5.87. The fraction of sp³-hybridized carbons (Fsp3) is 0.812. The first-order valence-electron chi connectivity index (χ1n) is 8.30. The van der Waals surface area contributed by atoms with Gasteiger partial charge in [-0.25, -0.2) is 0 Å². The molecular weight excluding hydrogens is 334 g/mol. The fourth-order valence-corrected chi connectivity index (χ4v) is 3.86. The summed E-state index contributed by atoms with van der Waals surface area (Å²) in [7, 11) is 0. The van der Waals surface area contributed by atoms with E-state index in [9.17, 15) is 14.4 Å². The average molecular weight is 360 g/mol. The molecule has 3 rings (SSSR count). The number of hydrogen-bond donors (Lipinski definition) is 2. The third kappa shape index (κ3) is 2.82. The minimum Gasteiger partial charge on any atom is -0.373 e. The van der Waals surface area contributed by atoms with E-state index in [1.54, 1.807) is 0 Å². The van der Waals surface area contributed by atoms with Crippen molar-refractivity contribution in [1.82, 2.24) is 10.2 Å². The molecule has 24 heavy (non-hydrogen) atoms. The van der Waals surface area contributed by atoms with Crippen LogP contribution in [0.1, 0.15) is 33.6 Å². The molecule has 0 aromatic rings. The van der Waals surface area contributed by atoms with Crippen LogP contribution in [0.15, 0.2) is 0 Å². The molecule has 136 valence electrons. The van der Waals surface area contributed by atoms with E-state index < -0.39 is 5.54 Å². The van der Waals surface area contributed by atoms with E-state index in [4.69, 9.17) is 10.5 Å². The Morgan fingerprint density at radius 3 is 2.21 bits per heavy atom. The first-order valence-corrected chi connectivity index (χ1v) is 8.30. The molecule has 8 heteroatoms. The van der Waals surface area contributed by atoms with Crippen LogP contribution in [0.3, 0.4) is 0 Å². The summed E-state index contributed by atoms with van der Waals surface area (Å²) >= 11 is 0. The monoisotopic (exact) mass is 359 g/mol. The van der Waals surface area contributed by atoms with Crippen molar-refractivity contribution < 1.29 is 19.1 Å². The predicted octanol–water partition coefficient (Wildman–Crippen LogP) is 0.0602. The lowest BCUT2D eigenvalue weighted by Gasteiger charge is -2.34. The highest BCUT2D eigenvalue weighted by Crippen LogP contribution is 2.48. The van der Waals surface area contributed by atoms with Crippen LogP contribution >= 0.6 is 12.4 Å². The number of imide groups is 1.